The minimum atomic E-state index is -0.246. The summed E-state index contributed by atoms with van der Waals surface area (Å²) in [6.45, 7) is 3.18. The van der Waals surface area contributed by atoms with Crippen molar-refractivity contribution in [2.45, 2.75) is 13.0 Å². The van der Waals surface area contributed by atoms with Crippen molar-refractivity contribution in [2.75, 3.05) is 18.5 Å². The molecule has 0 bridgehead atoms. The molecular weight excluding hydrogens is 257 g/mol. The zero-order chi connectivity index (χ0) is 13.9. The Bertz CT molecular complexity index is 615. The van der Waals surface area contributed by atoms with E-state index in [0.29, 0.717) is 13.2 Å². The van der Waals surface area contributed by atoms with E-state index < -0.39 is 0 Å². The zero-order valence-corrected chi connectivity index (χ0v) is 11.2. The maximum Gasteiger partial charge on any atom is 0.161 e. The molecule has 0 aromatic heterocycles. The van der Waals surface area contributed by atoms with Crippen LogP contribution in [-0.4, -0.2) is 13.2 Å². The van der Waals surface area contributed by atoms with Gasteiger partial charge in [-0.3, -0.25) is 0 Å². The molecule has 20 heavy (non-hydrogen) atoms. The summed E-state index contributed by atoms with van der Waals surface area (Å²) in [5.74, 6) is 1.30. The first-order valence-corrected chi connectivity index (χ1v) is 6.64. The molecule has 0 saturated carbocycles. The monoisotopic (exact) mass is 273 g/mol. The van der Waals surface area contributed by atoms with Crippen molar-refractivity contribution < 1.29 is 13.9 Å². The van der Waals surface area contributed by atoms with Crippen molar-refractivity contribution in [3.63, 3.8) is 0 Å². The normalized spacial score (nSPS) is 14.7. The molecule has 2 aromatic rings. The fourth-order valence-corrected chi connectivity index (χ4v) is 2.24. The van der Waals surface area contributed by atoms with Gasteiger partial charge >= 0.3 is 0 Å². The molecule has 104 valence electrons. The highest BCUT2D eigenvalue weighted by Gasteiger charge is 2.14. The number of anilines is 1. The van der Waals surface area contributed by atoms with Gasteiger partial charge in [-0.25, -0.2) is 4.39 Å². The molecule has 4 heteroatoms. The van der Waals surface area contributed by atoms with Gasteiger partial charge in [0.2, 0.25) is 0 Å². The molecule has 0 amide bonds. The lowest BCUT2D eigenvalue weighted by Gasteiger charge is -2.21. The lowest BCUT2D eigenvalue weighted by molar-refractivity contribution is 0.171. The van der Waals surface area contributed by atoms with Gasteiger partial charge in [0.05, 0.1) is 0 Å². The van der Waals surface area contributed by atoms with Gasteiger partial charge < -0.3 is 14.8 Å². The van der Waals surface area contributed by atoms with E-state index in [0.717, 1.165) is 22.7 Å². The first-order valence-electron chi connectivity index (χ1n) is 6.64. The topological polar surface area (TPSA) is 30.5 Å². The maximum atomic E-state index is 13.2. The van der Waals surface area contributed by atoms with Crippen LogP contribution in [0.1, 0.15) is 18.5 Å². The van der Waals surface area contributed by atoms with E-state index in [2.05, 4.69) is 5.32 Å². The van der Waals surface area contributed by atoms with Crippen molar-refractivity contribution in [1.29, 1.82) is 0 Å². The molecule has 0 aliphatic carbocycles. The second kappa shape index (κ2) is 5.41. The Morgan fingerprint density at radius 1 is 1.05 bits per heavy atom. The third kappa shape index (κ3) is 2.69. The van der Waals surface area contributed by atoms with Gasteiger partial charge in [0.25, 0.3) is 0 Å². The standard InChI is InChI=1S/C16H16FNO2/c1-11(18-14-4-2-3-13(17)10-14)12-5-6-15-16(9-12)20-8-7-19-15/h2-6,9-11,18H,7-8H2,1H3. The fraction of sp³-hybridized carbons (Fsp3) is 0.250. The molecule has 2 aromatic carbocycles. The van der Waals surface area contributed by atoms with Crippen LogP contribution >= 0.6 is 0 Å². The molecule has 3 nitrogen and oxygen atoms in total. The summed E-state index contributed by atoms with van der Waals surface area (Å²) in [5.41, 5.74) is 1.82. The van der Waals surface area contributed by atoms with Crippen molar-refractivity contribution in [1.82, 2.24) is 0 Å². The molecule has 1 N–H and O–H groups in total. The summed E-state index contributed by atoms with van der Waals surface area (Å²) in [5, 5.41) is 3.27. The molecule has 0 fully saturated rings. The van der Waals surface area contributed by atoms with E-state index in [1.54, 1.807) is 6.07 Å². The quantitative estimate of drug-likeness (QED) is 0.923. The molecule has 3 rings (SSSR count). The molecule has 1 heterocycles. The van der Waals surface area contributed by atoms with Gasteiger partial charge in [-0.15, -0.1) is 0 Å². The Hall–Kier alpha value is -2.23. The van der Waals surface area contributed by atoms with E-state index in [4.69, 9.17) is 9.47 Å². The number of benzene rings is 2. The number of halogens is 1. The van der Waals surface area contributed by atoms with Crippen LogP contribution in [0.3, 0.4) is 0 Å². The molecule has 1 atom stereocenters. The van der Waals surface area contributed by atoms with Crippen LogP contribution in [0.4, 0.5) is 10.1 Å². The molecular formula is C16H16FNO2. The van der Waals surface area contributed by atoms with Crippen LogP contribution in [0.15, 0.2) is 42.5 Å². The van der Waals surface area contributed by atoms with Gasteiger partial charge in [0, 0.05) is 11.7 Å². The highest BCUT2D eigenvalue weighted by molar-refractivity contribution is 5.49. The Morgan fingerprint density at radius 3 is 2.65 bits per heavy atom. The molecule has 1 aliphatic heterocycles. The third-order valence-electron chi connectivity index (χ3n) is 3.27. The Labute approximate surface area is 117 Å². The number of hydrogen-bond acceptors (Lipinski definition) is 3. The van der Waals surface area contributed by atoms with Crippen molar-refractivity contribution in [3.8, 4) is 11.5 Å². The molecule has 1 unspecified atom stereocenters. The summed E-state index contributed by atoms with van der Waals surface area (Å²) in [7, 11) is 0. The van der Waals surface area contributed by atoms with Crippen LogP contribution in [0.2, 0.25) is 0 Å². The lowest BCUT2D eigenvalue weighted by Crippen LogP contribution is -2.16. The van der Waals surface area contributed by atoms with Gasteiger partial charge in [0.15, 0.2) is 11.5 Å². The number of ether oxygens (including phenoxy) is 2. The highest BCUT2D eigenvalue weighted by atomic mass is 19.1. The number of hydrogen-bond donors (Lipinski definition) is 1. The van der Waals surface area contributed by atoms with Crippen molar-refractivity contribution in [3.05, 3.63) is 53.8 Å². The molecule has 0 radical (unpaired) electrons. The Kier molecular flexibility index (Phi) is 3.46. The second-order valence-corrected chi connectivity index (χ2v) is 4.78. The van der Waals surface area contributed by atoms with E-state index >= 15 is 0 Å². The largest absolute Gasteiger partial charge is 0.486 e. The van der Waals surface area contributed by atoms with Crippen LogP contribution in [0.5, 0.6) is 11.5 Å². The third-order valence-corrected chi connectivity index (χ3v) is 3.27. The van der Waals surface area contributed by atoms with Crippen LogP contribution in [0, 0.1) is 5.82 Å². The summed E-state index contributed by atoms with van der Waals surface area (Å²) >= 11 is 0. The first kappa shape index (κ1) is 12.8. The number of rotatable bonds is 3. The van der Waals surface area contributed by atoms with Gasteiger partial charge in [-0.1, -0.05) is 12.1 Å². The summed E-state index contributed by atoms with van der Waals surface area (Å²) in [6.07, 6.45) is 0. The predicted molar refractivity (Wildman–Crippen MR) is 75.9 cm³/mol. The van der Waals surface area contributed by atoms with Crippen LogP contribution in [0.25, 0.3) is 0 Å². The summed E-state index contributed by atoms with van der Waals surface area (Å²) in [6, 6.07) is 12.4. The van der Waals surface area contributed by atoms with Gasteiger partial charge in [-0.05, 0) is 42.8 Å². The molecule has 0 saturated heterocycles. The van der Waals surface area contributed by atoms with Gasteiger partial charge in [0.1, 0.15) is 19.0 Å². The minimum absolute atomic E-state index is 0.0487. The minimum Gasteiger partial charge on any atom is -0.486 e. The van der Waals surface area contributed by atoms with Gasteiger partial charge in [-0.2, -0.15) is 0 Å². The molecule has 1 aliphatic rings. The Morgan fingerprint density at radius 2 is 1.85 bits per heavy atom. The smallest absolute Gasteiger partial charge is 0.161 e. The lowest BCUT2D eigenvalue weighted by atomic mass is 10.1. The summed E-state index contributed by atoms with van der Waals surface area (Å²) < 4.78 is 24.2. The average molecular weight is 273 g/mol. The number of nitrogens with one attached hydrogen (secondary N) is 1. The molecule has 0 spiro atoms. The maximum absolute atomic E-state index is 13.2. The Balaban J connectivity index is 1.78. The van der Waals surface area contributed by atoms with Crippen molar-refractivity contribution >= 4 is 5.69 Å². The first-order chi connectivity index (χ1) is 9.72. The van der Waals surface area contributed by atoms with Crippen LogP contribution in [-0.2, 0) is 0 Å². The summed E-state index contributed by atoms with van der Waals surface area (Å²) in [4.78, 5) is 0. The van der Waals surface area contributed by atoms with Crippen LogP contribution < -0.4 is 14.8 Å². The SMILES string of the molecule is CC(Nc1cccc(F)c1)c1ccc2c(c1)OCCO2. The van der Waals surface area contributed by atoms with Crippen molar-refractivity contribution in [2.24, 2.45) is 0 Å². The number of fused-ring (bicyclic) bond motifs is 1. The second-order valence-electron chi connectivity index (χ2n) is 4.78. The van der Waals surface area contributed by atoms with E-state index in [-0.39, 0.29) is 11.9 Å². The van der Waals surface area contributed by atoms with E-state index in [1.165, 1.54) is 12.1 Å². The highest BCUT2D eigenvalue weighted by Crippen LogP contribution is 2.33. The van der Waals surface area contributed by atoms with E-state index in [1.807, 2.05) is 31.2 Å². The fourth-order valence-electron chi connectivity index (χ4n) is 2.24. The zero-order valence-electron chi connectivity index (χ0n) is 11.2. The van der Waals surface area contributed by atoms with E-state index in [9.17, 15) is 4.39 Å². The predicted octanol–water partition coefficient (Wildman–Crippen LogP) is 3.77. The average Bonchev–Trinajstić information content (AvgIpc) is 2.47.